The third kappa shape index (κ3) is 8.90. The standard InChI is InChI=1S/C22H35ClN4O4/c1-9-30-17(31-10-2)12-11-15-13-24-19(23)26-18(15)25-16(21(3,4)5)14-27(20(28)29)22(6,7)8/h13,16-17H,9-10,14H2,1-8H3,(H,28,29)(H,24,25,26)/t16-/m1/s1. The van der Waals surface area contributed by atoms with E-state index in [1.54, 1.807) is 0 Å². The molecular formula is C22H35ClN4O4. The van der Waals surface area contributed by atoms with Crippen LogP contribution in [-0.2, 0) is 9.47 Å². The van der Waals surface area contributed by atoms with Gasteiger partial charge in [0.05, 0.1) is 11.6 Å². The van der Waals surface area contributed by atoms with Gasteiger partial charge in [-0.2, -0.15) is 4.98 Å². The maximum absolute atomic E-state index is 11.9. The predicted octanol–water partition coefficient (Wildman–Crippen LogP) is 4.49. The van der Waals surface area contributed by atoms with Gasteiger partial charge in [0.25, 0.3) is 0 Å². The molecule has 0 unspecified atom stereocenters. The first-order chi connectivity index (χ1) is 14.3. The van der Waals surface area contributed by atoms with Crippen molar-refractivity contribution in [2.24, 2.45) is 5.41 Å². The van der Waals surface area contributed by atoms with Gasteiger partial charge in [-0.3, -0.25) is 0 Å². The van der Waals surface area contributed by atoms with Gasteiger partial charge in [-0.25, -0.2) is 9.78 Å². The van der Waals surface area contributed by atoms with Gasteiger partial charge in [0.1, 0.15) is 5.82 Å². The SMILES string of the molecule is CCOC(C#Cc1cnc(Cl)nc1N[C@H](CN(C(=O)O)C(C)(C)C)C(C)(C)C)OCC. The van der Waals surface area contributed by atoms with Crippen LogP contribution in [0.5, 0.6) is 0 Å². The number of carbonyl (C=O) groups is 1. The highest BCUT2D eigenvalue weighted by atomic mass is 35.5. The van der Waals surface area contributed by atoms with Crippen LogP contribution in [0.2, 0.25) is 5.28 Å². The molecule has 0 bridgehead atoms. The summed E-state index contributed by atoms with van der Waals surface area (Å²) >= 11 is 6.04. The summed E-state index contributed by atoms with van der Waals surface area (Å²) in [7, 11) is 0. The van der Waals surface area contributed by atoms with E-state index < -0.39 is 17.9 Å². The molecule has 174 valence electrons. The molecule has 0 aliphatic carbocycles. The highest BCUT2D eigenvalue weighted by molar-refractivity contribution is 6.28. The topological polar surface area (TPSA) is 96.8 Å². The number of carboxylic acid groups (broad SMARTS) is 1. The van der Waals surface area contributed by atoms with E-state index in [0.717, 1.165) is 0 Å². The van der Waals surface area contributed by atoms with Gasteiger partial charge in [-0.15, -0.1) is 0 Å². The van der Waals surface area contributed by atoms with Gasteiger partial charge in [-0.05, 0) is 57.6 Å². The predicted molar refractivity (Wildman–Crippen MR) is 122 cm³/mol. The summed E-state index contributed by atoms with van der Waals surface area (Å²) < 4.78 is 10.9. The number of rotatable bonds is 8. The van der Waals surface area contributed by atoms with Crippen molar-refractivity contribution >= 4 is 23.5 Å². The summed E-state index contributed by atoms with van der Waals surface area (Å²) in [4.78, 5) is 21.6. The maximum Gasteiger partial charge on any atom is 0.407 e. The van der Waals surface area contributed by atoms with Crippen LogP contribution in [-0.4, -0.2) is 63.7 Å². The molecule has 1 heterocycles. The molecule has 0 saturated carbocycles. The minimum atomic E-state index is -0.986. The van der Waals surface area contributed by atoms with E-state index in [1.165, 1.54) is 11.1 Å². The van der Waals surface area contributed by atoms with Gasteiger partial charge < -0.3 is 24.8 Å². The van der Waals surface area contributed by atoms with Gasteiger partial charge >= 0.3 is 6.09 Å². The van der Waals surface area contributed by atoms with Crippen LogP contribution in [0.1, 0.15) is 61.0 Å². The van der Waals surface area contributed by atoms with E-state index in [9.17, 15) is 9.90 Å². The Labute approximate surface area is 190 Å². The van der Waals surface area contributed by atoms with Gasteiger partial charge in [-0.1, -0.05) is 26.7 Å². The van der Waals surface area contributed by atoms with E-state index in [4.69, 9.17) is 21.1 Å². The molecule has 0 saturated heterocycles. The van der Waals surface area contributed by atoms with Crippen molar-refractivity contribution in [1.82, 2.24) is 14.9 Å². The lowest BCUT2D eigenvalue weighted by atomic mass is 9.85. The largest absolute Gasteiger partial charge is 0.465 e. The third-order valence-electron chi connectivity index (χ3n) is 4.48. The first-order valence-corrected chi connectivity index (χ1v) is 10.7. The van der Waals surface area contributed by atoms with Crippen LogP contribution in [0.15, 0.2) is 6.20 Å². The summed E-state index contributed by atoms with van der Waals surface area (Å²) in [6.45, 7) is 16.6. The number of aromatic nitrogens is 2. The van der Waals surface area contributed by atoms with E-state index in [2.05, 4.69) is 27.1 Å². The van der Waals surface area contributed by atoms with Crippen LogP contribution >= 0.6 is 11.6 Å². The van der Waals surface area contributed by atoms with E-state index in [-0.39, 0.29) is 23.3 Å². The number of hydrogen-bond acceptors (Lipinski definition) is 6. The van der Waals surface area contributed by atoms with Crippen molar-refractivity contribution < 1.29 is 19.4 Å². The Kier molecular flexibility index (Phi) is 10.0. The highest BCUT2D eigenvalue weighted by Gasteiger charge is 2.34. The van der Waals surface area contributed by atoms with E-state index in [1.807, 2.05) is 55.4 Å². The van der Waals surface area contributed by atoms with Crippen molar-refractivity contribution in [2.75, 3.05) is 25.1 Å². The summed E-state index contributed by atoms with van der Waals surface area (Å²) in [6.07, 6.45) is -0.126. The normalized spacial score (nSPS) is 12.8. The summed E-state index contributed by atoms with van der Waals surface area (Å²) in [5, 5.41) is 13.2. The molecule has 0 aliphatic heterocycles. The molecular weight excluding hydrogens is 420 g/mol. The molecule has 0 aliphatic rings. The second kappa shape index (κ2) is 11.5. The summed E-state index contributed by atoms with van der Waals surface area (Å²) in [5.74, 6) is 6.36. The molecule has 2 N–H and O–H groups in total. The van der Waals surface area contributed by atoms with Crippen molar-refractivity contribution in [3.05, 3.63) is 17.0 Å². The zero-order valence-electron chi connectivity index (χ0n) is 19.7. The first-order valence-electron chi connectivity index (χ1n) is 10.3. The van der Waals surface area contributed by atoms with E-state index >= 15 is 0 Å². The molecule has 1 rings (SSSR count). The lowest BCUT2D eigenvalue weighted by Crippen LogP contribution is -2.53. The Hall–Kier alpha value is -2.08. The molecule has 0 spiro atoms. The van der Waals surface area contributed by atoms with E-state index in [0.29, 0.717) is 24.6 Å². The smallest absolute Gasteiger partial charge is 0.407 e. The molecule has 9 heteroatoms. The van der Waals surface area contributed by atoms with Crippen molar-refractivity contribution in [2.45, 2.75) is 73.3 Å². The second-order valence-corrected chi connectivity index (χ2v) is 9.38. The number of halogens is 1. The lowest BCUT2D eigenvalue weighted by molar-refractivity contribution is -0.0969. The molecule has 0 aromatic carbocycles. The quantitative estimate of drug-likeness (QED) is 0.339. The minimum Gasteiger partial charge on any atom is -0.465 e. The van der Waals surface area contributed by atoms with Crippen LogP contribution in [0.4, 0.5) is 10.6 Å². The maximum atomic E-state index is 11.9. The average molecular weight is 455 g/mol. The Bertz CT molecular complexity index is 787. The van der Waals surface area contributed by atoms with Crippen LogP contribution < -0.4 is 5.32 Å². The van der Waals surface area contributed by atoms with Crippen molar-refractivity contribution in [3.8, 4) is 11.8 Å². The Morgan fingerprint density at radius 2 is 1.81 bits per heavy atom. The van der Waals surface area contributed by atoms with Crippen LogP contribution in [0.3, 0.4) is 0 Å². The monoisotopic (exact) mass is 454 g/mol. The summed E-state index contributed by atoms with van der Waals surface area (Å²) in [6, 6.07) is -0.274. The van der Waals surface area contributed by atoms with Crippen LogP contribution in [0.25, 0.3) is 0 Å². The Morgan fingerprint density at radius 3 is 2.26 bits per heavy atom. The van der Waals surface area contributed by atoms with Gasteiger partial charge in [0.2, 0.25) is 11.6 Å². The molecule has 0 fully saturated rings. The highest BCUT2D eigenvalue weighted by Crippen LogP contribution is 2.27. The average Bonchev–Trinajstić information content (AvgIpc) is 2.62. The Balaban J connectivity index is 3.30. The minimum absolute atomic E-state index is 0.0674. The fraction of sp³-hybridized carbons (Fsp3) is 0.682. The number of amides is 1. The number of anilines is 1. The third-order valence-corrected chi connectivity index (χ3v) is 4.66. The zero-order valence-corrected chi connectivity index (χ0v) is 20.5. The molecule has 1 aromatic rings. The molecule has 1 amide bonds. The first kappa shape index (κ1) is 27.0. The molecule has 1 atom stereocenters. The fourth-order valence-corrected chi connectivity index (χ4v) is 2.79. The molecule has 31 heavy (non-hydrogen) atoms. The summed E-state index contributed by atoms with van der Waals surface area (Å²) in [5.41, 5.74) is -0.341. The zero-order chi connectivity index (χ0) is 23.8. The second-order valence-electron chi connectivity index (χ2n) is 9.04. The number of hydrogen-bond donors (Lipinski definition) is 2. The molecule has 0 radical (unpaired) electrons. The molecule has 8 nitrogen and oxygen atoms in total. The Morgan fingerprint density at radius 1 is 1.23 bits per heavy atom. The number of nitrogens with one attached hydrogen (secondary N) is 1. The van der Waals surface area contributed by atoms with Gasteiger partial charge in [0.15, 0.2) is 0 Å². The van der Waals surface area contributed by atoms with Crippen molar-refractivity contribution in [3.63, 3.8) is 0 Å². The fourth-order valence-electron chi connectivity index (χ4n) is 2.66. The number of ether oxygens (including phenoxy) is 2. The van der Waals surface area contributed by atoms with Crippen molar-refractivity contribution in [1.29, 1.82) is 0 Å². The van der Waals surface area contributed by atoms with Crippen LogP contribution in [0, 0.1) is 17.3 Å². The van der Waals surface area contributed by atoms with Gasteiger partial charge in [0, 0.05) is 31.5 Å². The number of nitrogens with zero attached hydrogens (tertiary/aromatic N) is 3. The molecule has 1 aromatic heterocycles. The lowest BCUT2D eigenvalue weighted by Gasteiger charge is -2.40.